The Kier molecular flexibility index (Phi) is 6.72. The molecule has 1 aromatic heterocycles. The Morgan fingerprint density at radius 2 is 1.88 bits per heavy atom. The zero-order valence-corrected chi connectivity index (χ0v) is 15.8. The Labute approximate surface area is 154 Å². The third kappa shape index (κ3) is 4.39. The molecule has 0 aliphatic carbocycles. The number of carbonyl (C=O) groups is 2. The molecule has 0 fully saturated rings. The molecule has 1 aliphatic heterocycles. The minimum absolute atomic E-state index is 0.00641. The van der Waals surface area contributed by atoms with Gasteiger partial charge in [-0.2, -0.15) is 0 Å². The fourth-order valence-corrected chi connectivity index (χ4v) is 2.47. The average Bonchev–Trinajstić information content (AvgIpc) is 2.67. The molecule has 0 spiro atoms. The zero-order valence-electron chi connectivity index (χ0n) is 15.8. The number of para-hydroxylation sites is 2. The number of pyridine rings is 1. The second kappa shape index (κ2) is 8.99. The van der Waals surface area contributed by atoms with E-state index in [1.165, 1.54) is 11.3 Å². The number of fused-ring (bicyclic) bond motifs is 1. The monoisotopic (exact) mass is 354 g/mol. The van der Waals surface area contributed by atoms with Crippen molar-refractivity contribution in [3.63, 3.8) is 0 Å². The van der Waals surface area contributed by atoms with E-state index in [-0.39, 0.29) is 18.4 Å². The quantitative estimate of drug-likeness (QED) is 0.915. The van der Waals surface area contributed by atoms with Crippen LogP contribution in [-0.2, 0) is 4.79 Å². The number of hydrogen-bond acceptors (Lipinski definition) is 4. The van der Waals surface area contributed by atoms with Crippen LogP contribution in [0.4, 0.5) is 17.2 Å². The Morgan fingerprint density at radius 1 is 1.19 bits per heavy atom. The third-order valence-electron chi connectivity index (χ3n) is 3.88. The van der Waals surface area contributed by atoms with Crippen molar-refractivity contribution in [1.29, 1.82) is 0 Å². The van der Waals surface area contributed by atoms with Gasteiger partial charge in [0, 0.05) is 19.8 Å². The lowest BCUT2D eigenvalue weighted by atomic mass is 10.1. The van der Waals surface area contributed by atoms with E-state index in [4.69, 9.17) is 0 Å². The van der Waals surface area contributed by atoms with E-state index in [1.54, 1.807) is 18.3 Å². The lowest BCUT2D eigenvalue weighted by molar-refractivity contribution is -0.115. The minimum atomic E-state index is -0.231. The number of carbonyl (C=O) groups excluding carboxylic acids is 2. The third-order valence-corrected chi connectivity index (χ3v) is 3.88. The predicted octanol–water partition coefficient (Wildman–Crippen LogP) is 3.55. The van der Waals surface area contributed by atoms with Gasteiger partial charge in [-0.15, -0.1) is 0 Å². The second-order valence-electron chi connectivity index (χ2n) is 6.08. The van der Waals surface area contributed by atoms with E-state index >= 15 is 0 Å². The van der Waals surface area contributed by atoms with Crippen LogP contribution in [0.5, 0.6) is 0 Å². The summed E-state index contributed by atoms with van der Waals surface area (Å²) < 4.78 is 0. The molecule has 1 aliphatic rings. The maximum atomic E-state index is 12.8. The number of benzene rings is 1. The van der Waals surface area contributed by atoms with Gasteiger partial charge in [-0.05, 0) is 31.2 Å². The number of nitrogens with zero attached hydrogens (tertiary/aromatic N) is 3. The van der Waals surface area contributed by atoms with Crippen LogP contribution in [-0.4, -0.2) is 36.9 Å². The van der Waals surface area contributed by atoms with Gasteiger partial charge in [0.1, 0.15) is 12.4 Å². The summed E-state index contributed by atoms with van der Waals surface area (Å²) in [6.45, 7) is 7.12. The van der Waals surface area contributed by atoms with Crippen LogP contribution in [0.2, 0.25) is 0 Å². The molecule has 0 saturated heterocycles. The molecule has 6 nitrogen and oxygen atoms in total. The molecule has 0 saturated carbocycles. The maximum Gasteiger partial charge on any atom is 0.260 e. The van der Waals surface area contributed by atoms with E-state index in [0.29, 0.717) is 16.9 Å². The molecule has 3 rings (SSSR count). The van der Waals surface area contributed by atoms with Crippen molar-refractivity contribution in [2.45, 2.75) is 27.2 Å². The molecule has 0 bridgehead atoms. The fourth-order valence-electron chi connectivity index (χ4n) is 2.47. The number of aromatic nitrogens is 1. The van der Waals surface area contributed by atoms with Crippen LogP contribution in [0.3, 0.4) is 0 Å². The van der Waals surface area contributed by atoms with Crippen molar-refractivity contribution in [1.82, 2.24) is 4.98 Å². The lowest BCUT2D eigenvalue weighted by Crippen LogP contribution is -2.42. The van der Waals surface area contributed by atoms with Gasteiger partial charge in [0.25, 0.3) is 5.91 Å². The summed E-state index contributed by atoms with van der Waals surface area (Å²) in [5.41, 5.74) is 1.81. The largest absolute Gasteiger partial charge is 0.360 e. The molecule has 0 unspecified atom stereocenters. The van der Waals surface area contributed by atoms with E-state index in [9.17, 15) is 9.59 Å². The fraction of sp³-hybridized carbons (Fsp3) is 0.350. The topological polar surface area (TPSA) is 65.5 Å². The van der Waals surface area contributed by atoms with Crippen molar-refractivity contribution >= 4 is 29.0 Å². The van der Waals surface area contributed by atoms with Gasteiger partial charge in [-0.1, -0.05) is 32.4 Å². The van der Waals surface area contributed by atoms with Crippen LogP contribution in [0, 0.1) is 0 Å². The van der Waals surface area contributed by atoms with Gasteiger partial charge < -0.3 is 10.2 Å². The van der Waals surface area contributed by atoms with Gasteiger partial charge in [-0.25, -0.2) is 4.98 Å². The number of rotatable bonds is 3. The van der Waals surface area contributed by atoms with Crippen LogP contribution >= 0.6 is 0 Å². The molecule has 0 atom stereocenters. The first-order valence-corrected chi connectivity index (χ1v) is 8.89. The van der Waals surface area contributed by atoms with Crippen molar-refractivity contribution < 1.29 is 9.59 Å². The first-order valence-electron chi connectivity index (χ1n) is 8.89. The number of nitrogens with one attached hydrogen (secondary N) is 1. The average molecular weight is 354 g/mol. The second-order valence-corrected chi connectivity index (χ2v) is 6.08. The van der Waals surface area contributed by atoms with Crippen molar-refractivity contribution in [2.75, 3.05) is 35.3 Å². The van der Waals surface area contributed by atoms with Gasteiger partial charge in [0.15, 0.2) is 0 Å². The minimum Gasteiger partial charge on any atom is -0.360 e. The van der Waals surface area contributed by atoms with Crippen LogP contribution < -0.4 is 15.1 Å². The van der Waals surface area contributed by atoms with Gasteiger partial charge in [0.2, 0.25) is 5.91 Å². The summed E-state index contributed by atoms with van der Waals surface area (Å²) in [7, 11) is 1.94. The molecular weight excluding hydrogens is 328 g/mol. The summed E-state index contributed by atoms with van der Waals surface area (Å²) >= 11 is 0. The summed E-state index contributed by atoms with van der Waals surface area (Å²) in [5, 5.41) is 2.77. The van der Waals surface area contributed by atoms with Crippen LogP contribution in [0.15, 0.2) is 42.6 Å². The lowest BCUT2D eigenvalue weighted by Gasteiger charge is -2.29. The number of anilines is 3. The smallest absolute Gasteiger partial charge is 0.260 e. The van der Waals surface area contributed by atoms with E-state index < -0.39 is 0 Å². The van der Waals surface area contributed by atoms with Gasteiger partial charge >= 0.3 is 0 Å². The summed E-state index contributed by atoms with van der Waals surface area (Å²) in [4.78, 5) is 32.4. The van der Waals surface area contributed by atoms with E-state index in [0.717, 1.165) is 12.4 Å². The summed E-state index contributed by atoms with van der Waals surface area (Å²) in [5.74, 6) is 0.374. The van der Waals surface area contributed by atoms with Crippen molar-refractivity contribution in [3.05, 3.63) is 48.2 Å². The number of amides is 2. The Morgan fingerprint density at radius 3 is 2.50 bits per heavy atom. The molecule has 0 radical (unpaired) electrons. The van der Waals surface area contributed by atoms with Gasteiger partial charge in [0.05, 0.1) is 16.9 Å². The molecule has 1 N–H and O–H groups in total. The highest BCUT2D eigenvalue weighted by Crippen LogP contribution is 2.30. The Hall–Kier alpha value is -2.89. The van der Waals surface area contributed by atoms with Crippen LogP contribution in [0.1, 0.15) is 37.6 Å². The Balaban J connectivity index is 0.000000758. The molecule has 6 heteroatoms. The highest BCUT2D eigenvalue weighted by atomic mass is 16.2. The normalized spacial score (nSPS) is 12.5. The molecular formula is C20H26N4O2. The molecule has 138 valence electrons. The first-order chi connectivity index (χ1) is 12.5. The first kappa shape index (κ1) is 19.4. The number of hydrogen-bond donors (Lipinski definition) is 1. The van der Waals surface area contributed by atoms with E-state index in [1.807, 2.05) is 43.1 Å². The SMILES string of the molecule is CCC.CCN(C)c1ccc(C(=O)N2CC(=O)Nc3ccccc32)cn1. The molecule has 2 heterocycles. The van der Waals surface area contributed by atoms with Crippen molar-refractivity contribution in [3.8, 4) is 0 Å². The molecule has 2 aromatic rings. The Bertz CT molecular complexity index is 759. The summed E-state index contributed by atoms with van der Waals surface area (Å²) in [6, 6.07) is 10.8. The van der Waals surface area contributed by atoms with E-state index in [2.05, 4.69) is 24.1 Å². The standard InChI is InChI=1S/C17H18N4O2.C3H8/c1-3-20(2)15-9-8-12(10-18-15)17(23)21-11-16(22)19-13-6-4-5-7-14(13)21;1-3-2/h4-10H,3,11H2,1-2H3,(H,19,22);3H2,1-2H3. The highest BCUT2D eigenvalue weighted by molar-refractivity contribution is 6.15. The van der Waals surface area contributed by atoms with Gasteiger partial charge in [-0.3, -0.25) is 14.5 Å². The molecule has 2 amide bonds. The predicted molar refractivity (Wildman–Crippen MR) is 106 cm³/mol. The summed E-state index contributed by atoms with van der Waals surface area (Å²) in [6.07, 6.45) is 2.80. The molecule has 26 heavy (non-hydrogen) atoms. The zero-order chi connectivity index (χ0) is 19.1. The van der Waals surface area contributed by atoms with Crippen LogP contribution in [0.25, 0.3) is 0 Å². The van der Waals surface area contributed by atoms with Crippen molar-refractivity contribution in [2.24, 2.45) is 0 Å². The molecule has 1 aromatic carbocycles. The highest BCUT2D eigenvalue weighted by Gasteiger charge is 2.27. The maximum absolute atomic E-state index is 12.8.